The number of carbonyl (C=O) groups excluding carboxylic acids is 1. The van der Waals surface area contributed by atoms with E-state index in [4.69, 9.17) is 14.1 Å². The van der Waals surface area contributed by atoms with Crippen LogP contribution < -0.4 is 0 Å². The third-order valence-corrected chi connectivity index (χ3v) is 5.39. The molecule has 0 spiro atoms. The second-order valence-corrected chi connectivity index (χ2v) is 7.25. The Bertz CT molecular complexity index is 1030. The van der Waals surface area contributed by atoms with Crippen molar-refractivity contribution < 1.29 is 13.9 Å². The summed E-state index contributed by atoms with van der Waals surface area (Å²) >= 11 is 1.21. The van der Waals surface area contributed by atoms with Gasteiger partial charge in [-0.3, -0.25) is 9.78 Å². The fraction of sp³-hybridized carbons (Fsp3) is 0.0870. The third kappa shape index (κ3) is 4.22. The van der Waals surface area contributed by atoms with E-state index in [0.717, 1.165) is 22.4 Å². The van der Waals surface area contributed by atoms with E-state index >= 15 is 0 Å². The number of nitrogens with zero attached hydrogens (tertiary/aromatic N) is 2. The molecule has 6 heteroatoms. The molecule has 0 aliphatic heterocycles. The largest absolute Gasteiger partial charge is 0.468 e. The number of methoxy groups -OCH3 is 1. The van der Waals surface area contributed by atoms with Crippen molar-refractivity contribution >= 4 is 17.7 Å². The molecule has 1 atom stereocenters. The van der Waals surface area contributed by atoms with Gasteiger partial charge in [-0.15, -0.1) is 0 Å². The van der Waals surface area contributed by atoms with Crippen LogP contribution >= 0.6 is 11.8 Å². The highest BCUT2D eigenvalue weighted by Crippen LogP contribution is 2.41. The molecular formula is C23H18N2O3S. The number of hydrogen-bond donors (Lipinski definition) is 0. The maximum Gasteiger partial charge on any atom is 0.323 e. The number of carbonyl (C=O) groups is 1. The lowest BCUT2D eigenvalue weighted by Crippen LogP contribution is -2.11. The van der Waals surface area contributed by atoms with E-state index in [0.29, 0.717) is 11.0 Å². The van der Waals surface area contributed by atoms with Gasteiger partial charge >= 0.3 is 5.97 Å². The summed E-state index contributed by atoms with van der Waals surface area (Å²) in [6.07, 6.45) is 3.31. The molecule has 0 saturated carbocycles. The molecule has 0 bridgehead atoms. The smallest absolute Gasteiger partial charge is 0.323 e. The Morgan fingerprint density at radius 1 is 0.966 bits per heavy atom. The average molecular weight is 402 g/mol. The van der Waals surface area contributed by atoms with E-state index < -0.39 is 5.25 Å². The molecule has 4 aromatic rings. The van der Waals surface area contributed by atoms with Crippen LogP contribution in [-0.4, -0.2) is 23.0 Å². The number of benzene rings is 2. The van der Waals surface area contributed by atoms with Crippen molar-refractivity contribution in [2.24, 2.45) is 0 Å². The van der Waals surface area contributed by atoms with Gasteiger partial charge in [-0.1, -0.05) is 66.7 Å². The Morgan fingerprint density at radius 3 is 2.28 bits per heavy atom. The van der Waals surface area contributed by atoms with Crippen molar-refractivity contribution in [3.05, 3.63) is 90.8 Å². The Hall–Kier alpha value is -3.38. The second-order valence-electron chi connectivity index (χ2n) is 6.20. The van der Waals surface area contributed by atoms with Gasteiger partial charge in [-0.2, -0.15) is 0 Å². The van der Waals surface area contributed by atoms with Crippen molar-refractivity contribution in [3.63, 3.8) is 0 Å². The van der Waals surface area contributed by atoms with Gasteiger partial charge in [0.25, 0.3) is 5.22 Å². The minimum Gasteiger partial charge on any atom is -0.468 e. The van der Waals surface area contributed by atoms with Gasteiger partial charge in [0.05, 0.1) is 7.11 Å². The molecule has 4 rings (SSSR count). The first-order chi connectivity index (χ1) is 14.3. The summed E-state index contributed by atoms with van der Waals surface area (Å²) in [7, 11) is 1.37. The van der Waals surface area contributed by atoms with E-state index in [9.17, 15) is 4.79 Å². The first-order valence-corrected chi connectivity index (χ1v) is 9.90. The minimum absolute atomic E-state index is 0.385. The van der Waals surface area contributed by atoms with Crippen molar-refractivity contribution in [3.8, 4) is 22.6 Å². The fourth-order valence-corrected chi connectivity index (χ4v) is 3.86. The fourth-order valence-electron chi connectivity index (χ4n) is 2.92. The molecule has 2 aromatic carbocycles. The van der Waals surface area contributed by atoms with Crippen molar-refractivity contribution in [2.45, 2.75) is 10.5 Å². The molecule has 0 saturated heterocycles. The average Bonchev–Trinajstić information content (AvgIpc) is 3.23. The molecule has 0 aliphatic rings. The molecule has 144 valence electrons. The predicted molar refractivity (Wildman–Crippen MR) is 112 cm³/mol. The maximum absolute atomic E-state index is 12.4. The van der Waals surface area contributed by atoms with E-state index in [1.807, 2.05) is 66.7 Å². The Kier molecular flexibility index (Phi) is 5.72. The van der Waals surface area contributed by atoms with Crippen LogP contribution in [0.2, 0.25) is 0 Å². The zero-order valence-electron chi connectivity index (χ0n) is 15.7. The molecule has 0 radical (unpaired) electrons. The van der Waals surface area contributed by atoms with Crippen LogP contribution in [-0.2, 0) is 9.53 Å². The molecule has 29 heavy (non-hydrogen) atoms. The van der Waals surface area contributed by atoms with E-state index in [2.05, 4.69) is 4.98 Å². The molecule has 0 amide bonds. The lowest BCUT2D eigenvalue weighted by molar-refractivity contribution is -0.140. The quantitative estimate of drug-likeness (QED) is 0.317. The zero-order chi connectivity index (χ0) is 20.1. The summed E-state index contributed by atoms with van der Waals surface area (Å²) in [5, 5.41) is -0.235. The van der Waals surface area contributed by atoms with Gasteiger partial charge < -0.3 is 9.15 Å². The molecule has 2 heterocycles. The number of rotatable bonds is 6. The van der Waals surface area contributed by atoms with Gasteiger partial charge in [-0.25, -0.2) is 4.98 Å². The molecule has 5 nitrogen and oxygen atoms in total. The van der Waals surface area contributed by atoms with E-state index in [1.165, 1.54) is 18.9 Å². The standard InChI is InChI=1S/C23H18N2O3S/c1-27-22(26)21(18-13-8-14-24-15-18)29-23-25-19(16-9-4-2-5-10-16)20(28-23)17-11-6-3-7-12-17/h2-15,21H,1H3/t21-/m1/s1. The summed E-state index contributed by atoms with van der Waals surface area (Å²) < 4.78 is 11.1. The van der Waals surface area contributed by atoms with Crippen molar-refractivity contribution in [1.29, 1.82) is 0 Å². The van der Waals surface area contributed by atoms with Crippen molar-refractivity contribution in [2.75, 3.05) is 7.11 Å². The van der Waals surface area contributed by atoms with Crippen molar-refractivity contribution in [1.82, 2.24) is 9.97 Å². The molecule has 0 fully saturated rings. The maximum atomic E-state index is 12.4. The zero-order valence-corrected chi connectivity index (χ0v) is 16.5. The van der Waals surface area contributed by atoms with Crippen LogP contribution in [0.1, 0.15) is 10.8 Å². The predicted octanol–water partition coefficient (Wildman–Crippen LogP) is 5.41. The first kappa shape index (κ1) is 19.0. The summed E-state index contributed by atoms with van der Waals surface area (Å²) in [5.41, 5.74) is 3.32. The van der Waals surface area contributed by atoms with Crippen LogP contribution in [0.3, 0.4) is 0 Å². The number of thioether (sulfide) groups is 1. The van der Waals surface area contributed by atoms with Crippen LogP contribution in [0.4, 0.5) is 0 Å². The molecule has 2 aromatic heterocycles. The monoisotopic (exact) mass is 402 g/mol. The highest BCUT2D eigenvalue weighted by Gasteiger charge is 2.27. The molecular weight excluding hydrogens is 384 g/mol. The van der Waals surface area contributed by atoms with E-state index in [-0.39, 0.29) is 5.97 Å². The van der Waals surface area contributed by atoms with E-state index in [1.54, 1.807) is 18.5 Å². The molecule has 0 N–H and O–H groups in total. The number of esters is 1. The van der Waals surface area contributed by atoms with Crippen LogP contribution in [0, 0.1) is 0 Å². The Labute approximate surface area is 172 Å². The SMILES string of the molecule is COC(=O)[C@H](Sc1nc(-c2ccccc2)c(-c2ccccc2)o1)c1cccnc1. The summed E-state index contributed by atoms with van der Waals surface area (Å²) in [5.74, 6) is 0.276. The van der Waals surface area contributed by atoms with Crippen LogP contribution in [0.15, 0.2) is 94.8 Å². The molecule has 0 unspecified atom stereocenters. The normalized spacial score (nSPS) is 11.8. The Balaban J connectivity index is 1.76. The second kappa shape index (κ2) is 8.75. The van der Waals surface area contributed by atoms with Crippen LogP contribution in [0.5, 0.6) is 0 Å². The third-order valence-electron chi connectivity index (χ3n) is 4.31. The number of pyridine rings is 1. The highest BCUT2D eigenvalue weighted by molar-refractivity contribution is 8.00. The van der Waals surface area contributed by atoms with Gasteiger partial charge in [0, 0.05) is 23.5 Å². The van der Waals surface area contributed by atoms with Gasteiger partial charge in [0.15, 0.2) is 5.76 Å². The lowest BCUT2D eigenvalue weighted by Gasteiger charge is -2.11. The Morgan fingerprint density at radius 2 is 1.66 bits per heavy atom. The summed E-state index contributed by atoms with van der Waals surface area (Å²) in [6, 6.07) is 23.3. The van der Waals surface area contributed by atoms with Crippen LogP contribution in [0.25, 0.3) is 22.6 Å². The topological polar surface area (TPSA) is 65.2 Å². The number of hydrogen-bond acceptors (Lipinski definition) is 6. The first-order valence-electron chi connectivity index (χ1n) is 9.02. The summed E-state index contributed by atoms with van der Waals surface area (Å²) in [6.45, 7) is 0. The van der Waals surface area contributed by atoms with Gasteiger partial charge in [0.1, 0.15) is 10.9 Å². The highest BCUT2D eigenvalue weighted by atomic mass is 32.2. The summed E-state index contributed by atoms with van der Waals surface area (Å²) in [4.78, 5) is 21.2. The van der Waals surface area contributed by atoms with Gasteiger partial charge in [-0.05, 0) is 23.4 Å². The number of ether oxygens (including phenoxy) is 1. The number of aromatic nitrogens is 2. The number of oxazole rings is 1. The minimum atomic E-state index is -0.625. The van der Waals surface area contributed by atoms with Gasteiger partial charge in [0.2, 0.25) is 0 Å². The lowest BCUT2D eigenvalue weighted by atomic mass is 10.1. The molecule has 0 aliphatic carbocycles.